The van der Waals surface area contributed by atoms with Crippen LogP contribution in [0.5, 0.6) is 0 Å². The van der Waals surface area contributed by atoms with Gasteiger partial charge in [-0.15, -0.1) is 13.2 Å². The van der Waals surface area contributed by atoms with Crippen molar-refractivity contribution in [3.63, 3.8) is 0 Å². The van der Waals surface area contributed by atoms with E-state index in [0.717, 1.165) is 0 Å². The van der Waals surface area contributed by atoms with Crippen molar-refractivity contribution in [2.24, 2.45) is 0 Å². The first kappa shape index (κ1) is 35.4. The van der Waals surface area contributed by atoms with Crippen LogP contribution in [0, 0.1) is 0 Å². The van der Waals surface area contributed by atoms with Crippen LogP contribution in [0.1, 0.15) is 2.85 Å². The molecule has 0 rings (SSSR count). The fourth-order valence-corrected chi connectivity index (χ4v) is 0. The second kappa shape index (κ2) is 67.8. The molecule has 0 aliphatic carbocycles. The van der Waals surface area contributed by atoms with Crippen molar-refractivity contribution < 1.29 is 2.85 Å². The molecule has 6 N–H and O–H groups in total. The molecule has 0 atom stereocenters. The van der Waals surface area contributed by atoms with Crippen molar-refractivity contribution in [1.29, 1.82) is 0 Å². The van der Waals surface area contributed by atoms with Gasteiger partial charge in [-0.05, 0) is 0 Å². The maximum absolute atomic E-state index is 3.00. The molecule has 0 aromatic heterocycles. The summed E-state index contributed by atoms with van der Waals surface area (Å²) in [7, 11) is 0. The molecule has 0 spiro atoms. The Morgan fingerprint density at radius 1 is 1.00 bits per heavy atom. The van der Waals surface area contributed by atoms with Crippen LogP contribution in [-0.2, 0) is 0 Å². The van der Waals surface area contributed by atoms with Crippen LogP contribution >= 0.6 is 0 Å². The molecular weight excluding hydrogens is 140 g/mol. The van der Waals surface area contributed by atoms with Gasteiger partial charge in [0.25, 0.3) is 0 Å². The summed E-state index contributed by atoms with van der Waals surface area (Å²) in [5, 5.41) is 0. The van der Waals surface area contributed by atoms with E-state index in [0.29, 0.717) is 0 Å². The van der Waals surface area contributed by atoms with Crippen molar-refractivity contribution in [2.45, 2.75) is 0 Å². The summed E-state index contributed by atoms with van der Waals surface area (Å²) < 4.78 is 0. The van der Waals surface area contributed by atoms with Crippen LogP contribution in [0.25, 0.3) is 0 Å². The summed E-state index contributed by atoms with van der Waals surface area (Å²) in [5.74, 6) is 0. The maximum Gasteiger partial charge on any atom is 2.00 e. The quantitative estimate of drug-likeness (QED) is 0.400. The van der Waals surface area contributed by atoms with Gasteiger partial charge in [0.15, 0.2) is 0 Å². The zero-order valence-electron chi connectivity index (χ0n) is 5.54. The van der Waals surface area contributed by atoms with E-state index >= 15 is 0 Å². The largest absolute Gasteiger partial charge is 2.00 e. The summed E-state index contributed by atoms with van der Waals surface area (Å²) in [5.41, 5.74) is 0. The average Bonchev–Trinajstić information content (AvgIpc) is 1.00. The molecule has 0 aromatic carbocycles. The first-order chi connectivity index (χ1) is 1.00. The Labute approximate surface area is 73.0 Å². The van der Waals surface area contributed by atoms with Gasteiger partial charge < -0.3 is 15.2 Å². The standard InChI is InChI=1S/C2H4.2H3N.Sr.2H/c1-2;;;;;/h1-2H2;2*1H3;;;/q;;;+2;2*-1. The molecule has 0 unspecified atom stereocenters. The first-order valence-corrected chi connectivity index (χ1v) is 0.500. The van der Waals surface area contributed by atoms with Crippen LogP contribution in [0.15, 0.2) is 13.2 Å². The Hall–Kier alpha value is 1.14. The molecule has 0 saturated heterocycles. The van der Waals surface area contributed by atoms with Crippen LogP contribution in [0.2, 0.25) is 0 Å². The fourth-order valence-electron chi connectivity index (χ4n) is 0. The molecule has 5 heavy (non-hydrogen) atoms. The Bertz CT molecular complexity index is 13.7. The molecule has 0 radical (unpaired) electrons. The predicted molar refractivity (Wildman–Crippen MR) is 29.3 cm³/mol. The maximum atomic E-state index is 3.00. The van der Waals surface area contributed by atoms with Gasteiger partial charge in [-0.25, -0.2) is 0 Å². The van der Waals surface area contributed by atoms with Crippen molar-refractivity contribution in [1.82, 2.24) is 12.3 Å². The zero-order valence-corrected chi connectivity index (χ0v) is 7.01. The van der Waals surface area contributed by atoms with E-state index in [1.165, 1.54) is 0 Å². The van der Waals surface area contributed by atoms with Crippen molar-refractivity contribution in [3.05, 3.63) is 13.2 Å². The summed E-state index contributed by atoms with van der Waals surface area (Å²) in [6.45, 7) is 6.00. The molecule has 0 aliphatic heterocycles. The molecule has 0 fully saturated rings. The van der Waals surface area contributed by atoms with Gasteiger partial charge in [0, 0.05) is 0 Å². The fraction of sp³-hybridized carbons (Fsp3) is 0. The molecular formula is C2H12N2Sr. The molecule has 32 valence electrons. The molecule has 3 heteroatoms. The molecule has 0 heterocycles. The van der Waals surface area contributed by atoms with Gasteiger partial charge in [0.1, 0.15) is 0 Å². The Balaban J connectivity index is -0.000000000500. The van der Waals surface area contributed by atoms with E-state index in [1.54, 1.807) is 0 Å². The summed E-state index contributed by atoms with van der Waals surface area (Å²) in [4.78, 5) is 0. The van der Waals surface area contributed by atoms with Gasteiger partial charge >= 0.3 is 45.5 Å². The van der Waals surface area contributed by atoms with Gasteiger partial charge in [0.2, 0.25) is 0 Å². The average molecular weight is 152 g/mol. The predicted octanol–water partition coefficient (Wildman–Crippen LogP) is 0.970. The number of hydrogen-bond acceptors (Lipinski definition) is 2. The summed E-state index contributed by atoms with van der Waals surface area (Å²) in [6, 6.07) is 0. The number of rotatable bonds is 0. The topological polar surface area (TPSA) is 70.0 Å². The van der Waals surface area contributed by atoms with Gasteiger partial charge in [0.05, 0.1) is 0 Å². The normalized spacial score (nSPS) is 0.800. The van der Waals surface area contributed by atoms with Crippen molar-refractivity contribution >= 4 is 45.5 Å². The van der Waals surface area contributed by atoms with Crippen LogP contribution in [0.3, 0.4) is 0 Å². The van der Waals surface area contributed by atoms with E-state index in [1.807, 2.05) is 0 Å². The van der Waals surface area contributed by atoms with Crippen molar-refractivity contribution in [3.8, 4) is 0 Å². The van der Waals surface area contributed by atoms with Gasteiger partial charge in [-0.2, -0.15) is 0 Å². The Kier molecular flexibility index (Phi) is 480. The summed E-state index contributed by atoms with van der Waals surface area (Å²) in [6.07, 6.45) is 0. The molecule has 0 bridgehead atoms. The molecule has 0 aromatic rings. The first-order valence-electron chi connectivity index (χ1n) is 0.500. The smallest absolute Gasteiger partial charge is 1.00 e. The van der Waals surface area contributed by atoms with Crippen molar-refractivity contribution in [2.75, 3.05) is 0 Å². The van der Waals surface area contributed by atoms with Crippen LogP contribution < -0.4 is 12.3 Å². The van der Waals surface area contributed by atoms with Crippen LogP contribution in [0.4, 0.5) is 0 Å². The summed E-state index contributed by atoms with van der Waals surface area (Å²) >= 11 is 0. The zero-order chi connectivity index (χ0) is 2.00. The second-order valence-electron chi connectivity index (χ2n) is 0. The van der Waals surface area contributed by atoms with E-state index in [2.05, 4.69) is 13.2 Å². The van der Waals surface area contributed by atoms with Gasteiger partial charge in [-0.1, -0.05) is 0 Å². The Morgan fingerprint density at radius 2 is 1.00 bits per heavy atom. The molecule has 0 saturated carbocycles. The van der Waals surface area contributed by atoms with E-state index in [-0.39, 0.29) is 60.6 Å². The third-order valence-corrected chi connectivity index (χ3v) is 0. The van der Waals surface area contributed by atoms with Crippen LogP contribution in [-0.4, -0.2) is 45.5 Å². The minimum Gasteiger partial charge on any atom is -1.00 e. The second-order valence-corrected chi connectivity index (χ2v) is 0. The monoisotopic (exact) mass is 152 g/mol. The third-order valence-electron chi connectivity index (χ3n) is 0. The molecule has 0 amide bonds. The minimum atomic E-state index is 0. The van der Waals surface area contributed by atoms with Gasteiger partial charge in [-0.3, -0.25) is 0 Å². The SMILES string of the molecule is C=C.N.N.[H-].[H-].[Sr+2]. The third kappa shape index (κ3) is 39.0. The van der Waals surface area contributed by atoms with E-state index in [9.17, 15) is 0 Å². The minimum absolute atomic E-state index is 0. The van der Waals surface area contributed by atoms with E-state index < -0.39 is 0 Å². The van der Waals surface area contributed by atoms with E-state index in [4.69, 9.17) is 0 Å². The Morgan fingerprint density at radius 3 is 1.00 bits per heavy atom. The number of hydrogen-bond donors (Lipinski definition) is 2. The molecule has 0 aliphatic rings. The molecule has 2 nitrogen and oxygen atoms in total.